The maximum Gasteiger partial charge on any atom is 0.124 e. The molecular formula is C12H17NO2. The molecule has 82 valence electrons. The lowest BCUT2D eigenvalue weighted by atomic mass is 10.1. The highest BCUT2D eigenvalue weighted by Crippen LogP contribution is 2.31. The van der Waals surface area contributed by atoms with Crippen molar-refractivity contribution in [2.24, 2.45) is 5.92 Å². The van der Waals surface area contributed by atoms with Crippen molar-refractivity contribution in [2.45, 2.75) is 25.8 Å². The molecule has 3 heteroatoms. The van der Waals surface area contributed by atoms with E-state index < -0.39 is 0 Å². The number of nitrogens with one attached hydrogen (secondary N) is 1. The Morgan fingerprint density at radius 1 is 1.40 bits per heavy atom. The largest absolute Gasteiger partial charge is 0.508 e. The van der Waals surface area contributed by atoms with E-state index >= 15 is 0 Å². The normalized spacial score (nSPS) is 17.7. The summed E-state index contributed by atoms with van der Waals surface area (Å²) in [5.74, 6) is 1.09. The van der Waals surface area contributed by atoms with E-state index in [1.54, 1.807) is 12.1 Å². The van der Waals surface area contributed by atoms with Crippen LogP contribution in [-0.2, 0) is 0 Å². The highest BCUT2D eigenvalue weighted by atomic mass is 16.3. The van der Waals surface area contributed by atoms with Crippen molar-refractivity contribution in [2.75, 3.05) is 6.54 Å². The molecule has 1 saturated carbocycles. The highest BCUT2D eigenvalue weighted by Gasteiger charge is 2.22. The molecule has 0 amide bonds. The number of benzene rings is 1. The summed E-state index contributed by atoms with van der Waals surface area (Å²) in [7, 11) is 0. The Morgan fingerprint density at radius 3 is 2.73 bits per heavy atom. The van der Waals surface area contributed by atoms with E-state index in [4.69, 9.17) is 5.11 Å². The topological polar surface area (TPSA) is 52.5 Å². The van der Waals surface area contributed by atoms with Crippen molar-refractivity contribution in [1.29, 1.82) is 0 Å². The number of hydrogen-bond donors (Lipinski definition) is 3. The summed E-state index contributed by atoms with van der Waals surface area (Å²) in [5.41, 5.74) is 0.841. The van der Waals surface area contributed by atoms with Crippen molar-refractivity contribution in [3.63, 3.8) is 0 Å². The van der Waals surface area contributed by atoms with Gasteiger partial charge in [0, 0.05) is 17.7 Å². The number of phenols is 2. The van der Waals surface area contributed by atoms with Crippen LogP contribution in [0, 0.1) is 5.92 Å². The number of phenolic OH excluding ortho intramolecular Hbond substituents is 2. The van der Waals surface area contributed by atoms with Crippen LogP contribution in [0.1, 0.15) is 31.4 Å². The molecule has 1 aliphatic carbocycles. The summed E-state index contributed by atoms with van der Waals surface area (Å²) >= 11 is 0. The maximum absolute atomic E-state index is 9.64. The fourth-order valence-corrected chi connectivity index (χ4v) is 1.67. The first-order valence-corrected chi connectivity index (χ1v) is 5.42. The minimum atomic E-state index is 0.102. The molecule has 1 fully saturated rings. The van der Waals surface area contributed by atoms with E-state index in [1.165, 1.54) is 18.9 Å². The Hall–Kier alpha value is -1.22. The van der Waals surface area contributed by atoms with Gasteiger partial charge in [-0.1, -0.05) is 6.07 Å². The van der Waals surface area contributed by atoms with Crippen molar-refractivity contribution in [3.05, 3.63) is 23.8 Å². The van der Waals surface area contributed by atoms with Crippen molar-refractivity contribution in [3.8, 4) is 11.5 Å². The van der Waals surface area contributed by atoms with E-state index in [0.29, 0.717) is 0 Å². The van der Waals surface area contributed by atoms with Crippen LogP contribution in [0.25, 0.3) is 0 Å². The molecule has 0 radical (unpaired) electrons. The lowest BCUT2D eigenvalue weighted by Crippen LogP contribution is -2.21. The molecule has 0 aromatic heterocycles. The number of hydrogen-bond acceptors (Lipinski definition) is 3. The van der Waals surface area contributed by atoms with Crippen molar-refractivity contribution < 1.29 is 10.2 Å². The molecule has 15 heavy (non-hydrogen) atoms. The van der Waals surface area contributed by atoms with Crippen LogP contribution in [-0.4, -0.2) is 16.8 Å². The highest BCUT2D eigenvalue weighted by molar-refractivity contribution is 5.40. The van der Waals surface area contributed by atoms with Gasteiger partial charge in [-0.25, -0.2) is 0 Å². The summed E-state index contributed by atoms with van der Waals surface area (Å²) in [5, 5.41) is 22.2. The first-order chi connectivity index (χ1) is 7.16. The fourth-order valence-electron chi connectivity index (χ4n) is 1.67. The molecule has 0 bridgehead atoms. The van der Waals surface area contributed by atoms with E-state index in [-0.39, 0.29) is 17.5 Å². The summed E-state index contributed by atoms with van der Waals surface area (Å²) < 4.78 is 0. The predicted octanol–water partition coefficient (Wildman–Crippen LogP) is 2.16. The third-order valence-electron chi connectivity index (χ3n) is 2.89. The van der Waals surface area contributed by atoms with Gasteiger partial charge in [-0.3, -0.25) is 0 Å². The van der Waals surface area contributed by atoms with Gasteiger partial charge in [-0.15, -0.1) is 0 Å². The quantitative estimate of drug-likeness (QED) is 0.709. The second-order valence-corrected chi connectivity index (χ2v) is 4.32. The van der Waals surface area contributed by atoms with Gasteiger partial charge in [0.25, 0.3) is 0 Å². The van der Waals surface area contributed by atoms with Crippen LogP contribution in [0.4, 0.5) is 0 Å². The van der Waals surface area contributed by atoms with E-state index in [1.807, 2.05) is 6.92 Å². The number of aromatic hydroxyl groups is 2. The third-order valence-corrected chi connectivity index (χ3v) is 2.89. The zero-order valence-electron chi connectivity index (χ0n) is 8.90. The SMILES string of the molecule is CC(NCC1CC1)c1ccc(O)cc1O. The molecule has 0 heterocycles. The second kappa shape index (κ2) is 4.11. The Bertz CT molecular complexity index is 347. The first-order valence-electron chi connectivity index (χ1n) is 5.42. The van der Waals surface area contributed by atoms with Crippen molar-refractivity contribution in [1.82, 2.24) is 5.32 Å². The Labute approximate surface area is 89.8 Å². The molecular weight excluding hydrogens is 190 g/mol. The fraction of sp³-hybridized carbons (Fsp3) is 0.500. The van der Waals surface area contributed by atoms with Gasteiger partial charge in [0.05, 0.1) is 0 Å². The van der Waals surface area contributed by atoms with E-state index in [0.717, 1.165) is 18.0 Å². The standard InChI is InChI=1S/C12H17NO2/c1-8(13-7-9-2-3-9)11-5-4-10(14)6-12(11)15/h4-6,8-9,13-15H,2-3,7H2,1H3. The molecule has 3 nitrogen and oxygen atoms in total. The van der Waals surface area contributed by atoms with Gasteiger partial charge in [-0.05, 0) is 38.3 Å². The summed E-state index contributed by atoms with van der Waals surface area (Å²) in [6.45, 7) is 3.04. The lowest BCUT2D eigenvalue weighted by Gasteiger charge is -2.15. The molecule has 1 aliphatic rings. The zero-order chi connectivity index (χ0) is 10.8. The van der Waals surface area contributed by atoms with Gasteiger partial charge in [0.2, 0.25) is 0 Å². The summed E-state index contributed by atoms with van der Waals surface area (Å²) in [4.78, 5) is 0. The summed E-state index contributed by atoms with van der Waals surface area (Å²) in [6.07, 6.45) is 2.64. The number of rotatable bonds is 4. The van der Waals surface area contributed by atoms with Gasteiger partial charge in [0.1, 0.15) is 11.5 Å². The zero-order valence-corrected chi connectivity index (χ0v) is 8.90. The average molecular weight is 207 g/mol. The van der Waals surface area contributed by atoms with Crippen LogP contribution < -0.4 is 5.32 Å². The molecule has 0 spiro atoms. The van der Waals surface area contributed by atoms with Crippen molar-refractivity contribution >= 4 is 0 Å². The molecule has 3 N–H and O–H groups in total. The van der Waals surface area contributed by atoms with Crippen LogP contribution in [0.5, 0.6) is 11.5 Å². The Morgan fingerprint density at radius 2 is 2.13 bits per heavy atom. The molecule has 1 aromatic rings. The van der Waals surface area contributed by atoms with Crippen LogP contribution in [0.2, 0.25) is 0 Å². The first kappa shape index (κ1) is 10.3. The van der Waals surface area contributed by atoms with Crippen LogP contribution in [0.15, 0.2) is 18.2 Å². The predicted molar refractivity (Wildman–Crippen MR) is 58.9 cm³/mol. The van der Waals surface area contributed by atoms with Gasteiger partial charge in [-0.2, -0.15) is 0 Å². The minimum Gasteiger partial charge on any atom is -0.508 e. The van der Waals surface area contributed by atoms with Gasteiger partial charge in [0.15, 0.2) is 0 Å². The smallest absolute Gasteiger partial charge is 0.124 e. The molecule has 0 aliphatic heterocycles. The monoisotopic (exact) mass is 207 g/mol. The molecule has 1 atom stereocenters. The third kappa shape index (κ3) is 2.63. The van der Waals surface area contributed by atoms with Crippen LogP contribution in [0.3, 0.4) is 0 Å². The molecule has 1 aromatic carbocycles. The van der Waals surface area contributed by atoms with E-state index in [2.05, 4.69) is 5.32 Å². The lowest BCUT2D eigenvalue weighted by molar-refractivity contribution is 0.435. The second-order valence-electron chi connectivity index (χ2n) is 4.32. The van der Waals surface area contributed by atoms with E-state index in [9.17, 15) is 5.11 Å². The summed E-state index contributed by atoms with van der Waals surface area (Å²) in [6, 6.07) is 4.87. The van der Waals surface area contributed by atoms with Gasteiger partial charge < -0.3 is 15.5 Å². The Kier molecular flexibility index (Phi) is 2.82. The molecule has 1 unspecified atom stereocenters. The minimum absolute atomic E-state index is 0.102. The van der Waals surface area contributed by atoms with Crippen LogP contribution >= 0.6 is 0 Å². The maximum atomic E-state index is 9.64. The average Bonchev–Trinajstić information content (AvgIpc) is 2.97. The molecule has 0 saturated heterocycles. The molecule has 2 rings (SSSR count). The Balaban J connectivity index is 1.99. The van der Waals surface area contributed by atoms with Gasteiger partial charge >= 0.3 is 0 Å².